The monoisotopic (exact) mass is 504 g/mol. The van der Waals surface area contributed by atoms with Crippen molar-refractivity contribution >= 4 is 34.1 Å². The summed E-state index contributed by atoms with van der Waals surface area (Å²) in [6.07, 6.45) is -0.0387. The lowest BCUT2D eigenvalue weighted by molar-refractivity contribution is -0.134. The largest absolute Gasteiger partial charge is 0.488 e. The number of carbonyl (C=O) groups excluding carboxylic acids is 2. The number of hydrogen-bond donors (Lipinski definition) is 3. The lowest BCUT2D eigenvalue weighted by Gasteiger charge is -2.33. The Morgan fingerprint density at radius 3 is 2.65 bits per heavy atom. The SMILES string of the molecule is C[C@H](CO)N1C[C@H](C)[C@@H](CN(C)C)Oc2ccc(NC(=O)Nc3cccc4ccccc34)cc2CC1=O. The highest BCUT2D eigenvalue weighted by Crippen LogP contribution is 2.29. The van der Waals surface area contributed by atoms with Crippen molar-refractivity contribution in [1.82, 2.24) is 9.80 Å². The van der Waals surface area contributed by atoms with Crippen molar-refractivity contribution in [3.63, 3.8) is 0 Å². The molecule has 1 heterocycles. The predicted octanol–water partition coefficient (Wildman–Crippen LogP) is 4.19. The Kier molecular flexibility index (Phi) is 8.31. The van der Waals surface area contributed by atoms with Crippen LogP contribution >= 0.6 is 0 Å². The molecule has 3 aromatic carbocycles. The van der Waals surface area contributed by atoms with Gasteiger partial charge in [-0.05, 0) is 50.7 Å². The molecule has 8 nitrogen and oxygen atoms in total. The molecule has 0 saturated carbocycles. The molecule has 0 radical (unpaired) electrons. The maximum atomic E-state index is 13.3. The van der Waals surface area contributed by atoms with Crippen LogP contribution in [0.1, 0.15) is 19.4 Å². The molecule has 3 amide bonds. The molecule has 1 aliphatic heterocycles. The molecule has 0 fully saturated rings. The number of carbonyl (C=O) groups is 2. The van der Waals surface area contributed by atoms with Gasteiger partial charge in [0.15, 0.2) is 0 Å². The van der Waals surface area contributed by atoms with E-state index in [0.717, 1.165) is 10.8 Å². The van der Waals surface area contributed by atoms with Crippen LogP contribution in [0.4, 0.5) is 16.2 Å². The molecule has 0 saturated heterocycles. The molecule has 0 aromatic heterocycles. The van der Waals surface area contributed by atoms with Gasteiger partial charge >= 0.3 is 6.03 Å². The van der Waals surface area contributed by atoms with E-state index in [0.29, 0.717) is 35.8 Å². The van der Waals surface area contributed by atoms with Crippen molar-refractivity contribution in [1.29, 1.82) is 0 Å². The Balaban J connectivity index is 1.58. The summed E-state index contributed by atoms with van der Waals surface area (Å²) in [5.41, 5.74) is 1.97. The number of rotatable bonds is 6. The van der Waals surface area contributed by atoms with Crippen LogP contribution in [0.2, 0.25) is 0 Å². The number of aliphatic hydroxyl groups is 1. The second kappa shape index (κ2) is 11.6. The minimum Gasteiger partial charge on any atom is -0.488 e. The van der Waals surface area contributed by atoms with Crippen LogP contribution in [-0.2, 0) is 11.2 Å². The highest BCUT2D eigenvalue weighted by atomic mass is 16.5. The summed E-state index contributed by atoms with van der Waals surface area (Å²) in [6.45, 7) is 4.98. The van der Waals surface area contributed by atoms with Crippen LogP contribution in [0, 0.1) is 5.92 Å². The van der Waals surface area contributed by atoms with Gasteiger partial charge in [0.05, 0.1) is 24.8 Å². The van der Waals surface area contributed by atoms with Crippen LogP contribution in [-0.4, -0.2) is 72.8 Å². The lowest BCUT2D eigenvalue weighted by Crippen LogP contribution is -2.47. The van der Waals surface area contributed by atoms with Crippen LogP contribution in [0.3, 0.4) is 0 Å². The number of benzene rings is 3. The number of nitrogens with zero attached hydrogens (tertiary/aromatic N) is 2. The lowest BCUT2D eigenvalue weighted by atomic mass is 10.0. The van der Waals surface area contributed by atoms with Crippen molar-refractivity contribution < 1.29 is 19.4 Å². The first-order valence-electron chi connectivity index (χ1n) is 12.7. The van der Waals surface area contributed by atoms with E-state index in [9.17, 15) is 14.7 Å². The predicted molar refractivity (Wildman–Crippen MR) is 147 cm³/mol. The van der Waals surface area contributed by atoms with Gasteiger partial charge < -0.3 is 30.3 Å². The fraction of sp³-hybridized carbons (Fsp3) is 0.379. The van der Waals surface area contributed by atoms with Crippen molar-refractivity contribution in [3.05, 3.63) is 66.2 Å². The molecule has 3 aromatic rings. The summed E-state index contributed by atoms with van der Waals surface area (Å²) in [6, 6.07) is 18.3. The van der Waals surface area contributed by atoms with E-state index in [2.05, 4.69) is 22.5 Å². The third-order valence-electron chi connectivity index (χ3n) is 6.76. The Morgan fingerprint density at radius 2 is 1.89 bits per heavy atom. The molecular formula is C29H36N4O4. The average molecular weight is 505 g/mol. The molecule has 0 aliphatic carbocycles. The zero-order valence-electron chi connectivity index (χ0n) is 21.9. The second-order valence-electron chi connectivity index (χ2n) is 10.1. The zero-order chi connectivity index (χ0) is 26.5. The molecular weight excluding hydrogens is 468 g/mol. The van der Waals surface area contributed by atoms with Gasteiger partial charge in [0, 0.05) is 35.6 Å². The van der Waals surface area contributed by atoms with Gasteiger partial charge in [0.25, 0.3) is 0 Å². The number of fused-ring (bicyclic) bond motifs is 2. The summed E-state index contributed by atoms with van der Waals surface area (Å²) in [7, 11) is 3.98. The van der Waals surface area contributed by atoms with Gasteiger partial charge in [0.1, 0.15) is 11.9 Å². The molecule has 8 heteroatoms. The maximum absolute atomic E-state index is 13.3. The summed E-state index contributed by atoms with van der Waals surface area (Å²) < 4.78 is 6.44. The van der Waals surface area contributed by atoms with Crippen LogP contribution in [0.5, 0.6) is 5.75 Å². The summed E-state index contributed by atoms with van der Waals surface area (Å²) in [4.78, 5) is 30.0. The summed E-state index contributed by atoms with van der Waals surface area (Å²) in [5.74, 6) is 0.599. The number of anilines is 2. The number of hydrogen-bond acceptors (Lipinski definition) is 5. The van der Waals surface area contributed by atoms with E-state index in [4.69, 9.17) is 4.74 Å². The maximum Gasteiger partial charge on any atom is 0.323 e. The quantitative estimate of drug-likeness (QED) is 0.468. The third kappa shape index (κ3) is 6.39. The molecule has 196 valence electrons. The van der Waals surface area contributed by atoms with Gasteiger partial charge in [-0.1, -0.05) is 43.3 Å². The molecule has 0 bridgehead atoms. The first kappa shape index (κ1) is 26.4. The Labute approximate surface area is 218 Å². The Hall–Kier alpha value is -3.62. The highest BCUT2D eigenvalue weighted by molar-refractivity contribution is 6.06. The fourth-order valence-electron chi connectivity index (χ4n) is 4.70. The van der Waals surface area contributed by atoms with Crippen LogP contribution < -0.4 is 15.4 Å². The molecule has 3 N–H and O–H groups in total. The van der Waals surface area contributed by atoms with Gasteiger partial charge in [-0.15, -0.1) is 0 Å². The van der Waals surface area contributed by atoms with Crippen LogP contribution in [0.25, 0.3) is 10.8 Å². The molecule has 3 atom stereocenters. The van der Waals surface area contributed by atoms with E-state index < -0.39 is 0 Å². The number of aliphatic hydroxyl groups excluding tert-OH is 1. The zero-order valence-corrected chi connectivity index (χ0v) is 21.9. The van der Waals surface area contributed by atoms with E-state index in [1.807, 2.05) is 69.6 Å². The average Bonchev–Trinajstić information content (AvgIpc) is 2.91. The van der Waals surface area contributed by atoms with Gasteiger partial charge in [0.2, 0.25) is 5.91 Å². The van der Waals surface area contributed by atoms with E-state index in [1.54, 1.807) is 17.0 Å². The van der Waals surface area contributed by atoms with Crippen molar-refractivity contribution in [3.8, 4) is 5.75 Å². The molecule has 0 spiro atoms. The molecule has 1 aliphatic rings. The number of urea groups is 1. The normalized spacial score (nSPS) is 18.9. The number of nitrogens with one attached hydrogen (secondary N) is 2. The first-order chi connectivity index (χ1) is 17.7. The fourth-order valence-corrected chi connectivity index (χ4v) is 4.70. The Morgan fingerprint density at radius 1 is 1.14 bits per heavy atom. The molecule has 37 heavy (non-hydrogen) atoms. The second-order valence-corrected chi connectivity index (χ2v) is 10.1. The van der Waals surface area contributed by atoms with Crippen LogP contribution in [0.15, 0.2) is 60.7 Å². The minimum absolute atomic E-state index is 0.0515. The van der Waals surface area contributed by atoms with Crippen molar-refractivity contribution in [2.75, 3.05) is 44.4 Å². The number of ether oxygens (including phenoxy) is 1. The highest BCUT2D eigenvalue weighted by Gasteiger charge is 2.30. The summed E-state index contributed by atoms with van der Waals surface area (Å²) in [5, 5.41) is 17.6. The van der Waals surface area contributed by atoms with E-state index in [1.165, 1.54) is 0 Å². The Bertz CT molecular complexity index is 1260. The smallest absolute Gasteiger partial charge is 0.323 e. The van der Waals surface area contributed by atoms with Gasteiger partial charge in [-0.25, -0.2) is 4.79 Å². The number of amides is 3. The topological polar surface area (TPSA) is 94.1 Å². The van der Waals surface area contributed by atoms with Crippen molar-refractivity contribution in [2.45, 2.75) is 32.4 Å². The van der Waals surface area contributed by atoms with Gasteiger partial charge in [-0.2, -0.15) is 0 Å². The molecule has 0 unspecified atom stereocenters. The molecule has 4 rings (SSSR count). The van der Waals surface area contributed by atoms with E-state index >= 15 is 0 Å². The van der Waals surface area contributed by atoms with E-state index in [-0.39, 0.29) is 43.0 Å². The third-order valence-corrected chi connectivity index (χ3v) is 6.76. The summed E-state index contributed by atoms with van der Waals surface area (Å²) >= 11 is 0. The van der Waals surface area contributed by atoms with Gasteiger partial charge in [-0.3, -0.25) is 4.79 Å². The first-order valence-corrected chi connectivity index (χ1v) is 12.7. The standard InChI is InChI=1S/C29H36N4O4/c1-19-16-33(20(2)18-34)28(35)15-22-14-23(12-13-26(22)37-27(19)17-32(3)4)30-29(36)31-25-11-7-9-21-8-5-6-10-24(21)25/h5-14,19-20,27,34H,15-18H2,1-4H3,(H2,30,31,36)/t19-,20+,27+/m0/s1. The number of likely N-dealkylation sites (N-methyl/N-ethyl adjacent to an activating group) is 1. The minimum atomic E-state index is -0.374. The van der Waals surface area contributed by atoms with Crippen molar-refractivity contribution in [2.24, 2.45) is 5.92 Å².